The maximum atomic E-state index is 13.5. The van der Waals surface area contributed by atoms with Crippen LogP contribution in [0, 0.1) is 17.2 Å². The number of nitrogens with zero attached hydrogens (tertiary/aromatic N) is 9. The molecule has 0 spiro atoms. The molecule has 0 bridgehead atoms. The van der Waals surface area contributed by atoms with Gasteiger partial charge in [-0.15, -0.1) is 0 Å². The minimum absolute atomic E-state index is 0.00163. The van der Waals surface area contributed by atoms with Crippen molar-refractivity contribution in [1.29, 1.82) is 5.26 Å². The number of benzene rings is 5. The van der Waals surface area contributed by atoms with Crippen molar-refractivity contribution in [3.63, 3.8) is 0 Å². The van der Waals surface area contributed by atoms with Gasteiger partial charge in [0.2, 0.25) is 0 Å². The third kappa shape index (κ3) is 13.5. The number of imidazole rings is 2. The van der Waals surface area contributed by atoms with E-state index < -0.39 is 63.4 Å². The monoisotopic (exact) mass is 1290 g/mol. The van der Waals surface area contributed by atoms with Gasteiger partial charge in [-0.3, -0.25) is 24.0 Å². The van der Waals surface area contributed by atoms with Gasteiger partial charge >= 0.3 is 0 Å². The van der Waals surface area contributed by atoms with Crippen LogP contribution in [0.25, 0.3) is 22.3 Å². The molecule has 89 heavy (non-hydrogen) atoms. The molecule has 0 aliphatic carbocycles. The number of ether oxygens (including phenoxy) is 2. The molecule has 6 heterocycles. The molecule has 1 unspecified atom stereocenters. The zero-order chi connectivity index (χ0) is 62.3. The van der Waals surface area contributed by atoms with E-state index in [-0.39, 0.29) is 68.2 Å². The van der Waals surface area contributed by atoms with Crippen LogP contribution in [0.15, 0.2) is 177 Å². The van der Waals surface area contributed by atoms with Crippen LogP contribution in [0.4, 0.5) is 11.6 Å². The van der Waals surface area contributed by atoms with Gasteiger partial charge in [0.15, 0.2) is 48.5 Å². The van der Waals surface area contributed by atoms with Crippen LogP contribution in [0.2, 0.25) is 18.1 Å². The molecule has 2 fully saturated rings. The predicted molar refractivity (Wildman–Crippen MR) is 348 cm³/mol. The SMILES string of the molecule is C[C@@H]1[C@H](NC(c2ccccc2)(c2ccccc2)c2ccccc2)[C@@H](COP(=S)(N[C@H]2[C@@H](O[Si](C)(C)C(C)(C)C)[C@H](n3cnc4c(NC(=O)c5ccccc5)ncnc43)O[C@@H]2COP=S)OCCC#N)O[C@H]1n1cnc2c(NC(=O)c3ccccc3)ncnc21. The molecule has 2 aliphatic heterocycles. The number of carbonyl (C=O) groups excluding carboxylic acids is 2. The number of rotatable bonds is 24. The lowest BCUT2D eigenvalue weighted by Crippen LogP contribution is -2.55. The Kier molecular flexibility index (Phi) is 19.5. The molecule has 21 nitrogen and oxygen atoms in total. The largest absolute Gasteiger partial charge is 0.408 e. The van der Waals surface area contributed by atoms with Crippen LogP contribution in [0.3, 0.4) is 0 Å². The first-order valence-electron chi connectivity index (χ1n) is 29.0. The second kappa shape index (κ2) is 27.4. The fourth-order valence-corrected chi connectivity index (χ4v) is 15.2. The van der Waals surface area contributed by atoms with Crippen molar-refractivity contribution in [2.45, 2.75) is 101 Å². The van der Waals surface area contributed by atoms with Crippen molar-refractivity contribution >= 4 is 91.9 Å². The molecule has 5 aromatic carbocycles. The number of hydrogen-bond donors (Lipinski definition) is 4. The average Bonchev–Trinajstić information content (AvgIpc) is 1.87. The topological polar surface area (TPSA) is 249 Å². The molecule has 0 radical (unpaired) electrons. The third-order valence-corrected chi connectivity index (χ3v) is 24.2. The molecule has 458 valence electrons. The minimum Gasteiger partial charge on any atom is -0.408 e. The van der Waals surface area contributed by atoms with Crippen molar-refractivity contribution in [2.24, 2.45) is 5.92 Å². The second-order valence-corrected chi connectivity index (χ2v) is 32.0. The van der Waals surface area contributed by atoms with Gasteiger partial charge in [0.25, 0.3) is 18.5 Å². The van der Waals surface area contributed by atoms with Crippen molar-refractivity contribution in [2.75, 3.05) is 30.5 Å². The van der Waals surface area contributed by atoms with Gasteiger partial charge in [-0.25, -0.2) is 35.0 Å². The van der Waals surface area contributed by atoms with E-state index in [9.17, 15) is 14.9 Å². The summed E-state index contributed by atoms with van der Waals surface area (Å²) in [6.07, 6.45) is 1.90. The van der Waals surface area contributed by atoms with E-state index >= 15 is 0 Å². The maximum absolute atomic E-state index is 13.5. The summed E-state index contributed by atoms with van der Waals surface area (Å²) in [4.78, 5) is 54.9. The lowest BCUT2D eigenvalue weighted by Gasteiger charge is -2.42. The summed E-state index contributed by atoms with van der Waals surface area (Å²) < 4.78 is 45.3. The Morgan fingerprint density at radius 2 is 1.12 bits per heavy atom. The zero-order valence-electron chi connectivity index (χ0n) is 49.7. The molecule has 4 N–H and O–H groups in total. The number of fused-ring (bicyclic) bond motifs is 2. The zero-order valence-corrected chi connectivity index (χ0v) is 54.1. The van der Waals surface area contributed by atoms with E-state index in [1.807, 2.05) is 71.3 Å². The molecule has 26 heteroatoms. The number of anilines is 2. The molecular formula is C63H67N13O8P2S2Si. The summed E-state index contributed by atoms with van der Waals surface area (Å²) in [5, 5.41) is 23.4. The molecule has 4 aromatic heterocycles. The molecule has 9 atom stereocenters. The van der Waals surface area contributed by atoms with Crippen molar-refractivity contribution in [3.8, 4) is 6.07 Å². The molecule has 2 aliphatic rings. The van der Waals surface area contributed by atoms with Gasteiger partial charge in [0, 0.05) is 23.1 Å². The lowest BCUT2D eigenvalue weighted by molar-refractivity contribution is -0.0416. The van der Waals surface area contributed by atoms with Crippen LogP contribution in [0.5, 0.6) is 0 Å². The highest BCUT2D eigenvalue weighted by Gasteiger charge is 2.54. The van der Waals surface area contributed by atoms with Crippen molar-refractivity contribution in [3.05, 3.63) is 205 Å². The Bertz CT molecular complexity index is 3930. The first-order valence-corrected chi connectivity index (χ1v) is 36.4. The standard InChI is InChI=1S/C63H67N13O8P2S2Si/c1-41-49(73-63(44-27-16-9-17-28-44,45-29-18-10-19-30-45)46-31-20-11-21-32-46)48(82-60(41)75-39-69-51-54(65-37-67-56(51)75)71-58(77)42-23-12-7-13-24-42)36-81-86(88,80-34-22-33-64)74-50-47(35-79-85-87)83-61(53(50)84-89(5,6)62(2,3)4)76-40-70-52-55(66-38-68-57(52)76)72-59(78)43-25-14-8-15-26-43/h7-21,23-32,37-41,47-50,53,60-61,73H,22,34-36H2,1-6H3,(H,74,88)(H,65,67,71,77)(H,66,68,72,78)/t41-,47-,48-,49+,50-,53-,60-,61-,86?/m1/s1. The lowest BCUT2D eigenvalue weighted by atomic mass is 9.75. The molecule has 0 saturated carbocycles. The summed E-state index contributed by atoms with van der Waals surface area (Å²) >= 11 is 12.0. The highest BCUT2D eigenvalue weighted by molar-refractivity contribution is 8.09. The van der Waals surface area contributed by atoms with Crippen LogP contribution in [-0.4, -0.2) is 109 Å². The first kappa shape index (κ1) is 63.3. The average molecular weight is 1290 g/mol. The Hall–Kier alpha value is -7.30. The number of amides is 2. The van der Waals surface area contributed by atoms with Crippen LogP contribution in [0.1, 0.15) is 84.0 Å². The number of hydrogen-bond acceptors (Lipinski definition) is 18. The quantitative estimate of drug-likeness (QED) is 0.0190. The second-order valence-electron chi connectivity index (χ2n) is 23.1. The van der Waals surface area contributed by atoms with Gasteiger partial charge in [-0.2, -0.15) is 5.26 Å². The molecular weight excluding hydrogens is 1220 g/mol. The fraction of sp³-hybridized carbons (Fsp3) is 0.317. The summed E-state index contributed by atoms with van der Waals surface area (Å²) in [6, 6.07) is 49.4. The van der Waals surface area contributed by atoms with Crippen molar-refractivity contribution in [1.82, 2.24) is 49.4 Å². The van der Waals surface area contributed by atoms with E-state index in [4.69, 9.17) is 66.0 Å². The molecule has 9 aromatic rings. The molecule has 2 amide bonds. The number of carbonyl (C=O) groups is 2. The minimum atomic E-state index is -3.79. The van der Waals surface area contributed by atoms with E-state index in [2.05, 4.69) is 119 Å². The first-order chi connectivity index (χ1) is 43.0. The Balaban J connectivity index is 0.984. The van der Waals surface area contributed by atoms with E-state index in [1.165, 1.54) is 12.7 Å². The van der Waals surface area contributed by atoms with E-state index in [1.54, 1.807) is 65.8 Å². The third-order valence-electron chi connectivity index (χ3n) is 16.6. The van der Waals surface area contributed by atoms with Gasteiger partial charge < -0.3 is 38.1 Å². The van der Waals surface area contributed by atoms with Gasteiger partial charge in [0.1, 0.15) is 38.7 Å². The predicted octanol–water partition coefficient (Wildman–Crippen LogP) is 11.4. The molecule has 11 rings (SSSR count). The van der Waals surface area contributed by atoms with Crippen LogP contribution < -0.4 is 21.0 Å². The Morgan fingerprint density at radius 3 is 1.60 bits per heavy atom. The number of nitriles is 1. The van der Waals surface area contributed by atoms with Crippen LogP contribution >= 0.6 is 14.2 Å². The Labute approximate surface area is 528 Å². The maximum Gasteiger partial charge on any atom is 0.261 e. The Morgan fingerprint density at radius 1 is 0.663 bits per heavy atom. The van der Waals surface area contributed by atoms with E-state index in [0.717, 1.165) is 16.7 Å². The summed E-state index contributed by atoms with van der Waals surface area (Å²) in [5.41, 5.74) is 4.31. The molecule has 2 saturated heterocycles. The summed E-state index contributed by atoms with van der Waals surface area (Å²) in [6.45, 7) is 8.84. The van der Waals surface area contributed by atoms with Crippen LogP contribution in [-0.2, 0) is 56.6 Å². The fourth-order valence-electron chi connectivity index (χ4n) is 11.1. The highest BCUT2D eigenvalue weighted by Crippen LogP contribution is 2.52. The van der Waals surface area contributed by atoms with Gasteiger partial charge in [-0.1, -0.05) is 155 Å². The number of aromatic nitrogens is 8. The normalized spacial score (nSPS) is 21.2. The summed E-state index contributed by atoms with van der Waals surface area (Å²) in [7, 11) is -2.50. The number of nitrogens with one attached hydrogen (secondary N) is 4. The van der Waals surface area contributed by atoms with Gasteiger partial charge in [0.05, 0.1) is 62.7 Å². The highest BCUT2D eigenvalue weighted by atomic mass is 32.5. The smallest absolute Gasteiger partial charge is 0.261 e. The summed E-state index contributed by atoms with van der Waals surface area (Å²) in [5.74, 6) is -0.655. The van der Waals surface area contributed by atoms with Crippen molar-refractivity contribution < 1.29 is 37.1 Å². The van der Waals surface area contributed by atoms with E-state index in [0.29, 0.717) is 33.5 Å². The van der Waals surface area contributed by atoms with Gasteiger partial charge in [-0.05, 0) is 82.7 Å².